The number of methoxy groups -OCH3 is 1. The Balaban J connectivity index is 1.39. The summed E-state index contributed by atoms with van der Waals surface area (Å²) in [7, 11) is 2.96. The molecule has 4 rings (SSSR count). The first-order valence-electron chi connectivity index (χ1n) is 11.1. The van der Waals surface area contributed by atoms with E-state index in [1.165, 1.54) is 24.9 Å². The molecule has 0 saturated heterocycles. The number of benzene rings is 2. The van der Waals surface area contributed by atoms with Gasteiger partial charge in [0.15, 0.2) is 5.82 Å². The molecule has 10 heteroatoms. The van der Waals surface area contributed by atoms with E-state index in [0.717, 1.165) is 22.3 Å². The van der Waals surface area contributed by atoms with Crippen LogP contribution >= 0.6 is 0 Å². The number of nitrogens with zero attached hydrogens (tertiary/aromatic N) is 2. The second-order valence-electron chi connectivity index (χ2n) is 8.13. The predicted molar refractivity (Wildman–Crippen MR) is 127 cm³/mol. The van der Waals surface area contributed by atoms with Crippen LogP contribution in [0.25, 0.3) is 11.1 Å². The highest BCUT2D eigenvalue weighted by Crippen LogP contribution is 2.44. The lowest BCUT2D eigenvalue weighted by atomic mass is 9.98. The van der Waals surface area contributed by atoms with E-state index < -0.39 is 24.0 Å². The number of nitrogens with one attached hydrogen (secondary N) is 2. The van der Waals surface area contributed by atoms with Gasteiger partial charge in [-0.2, -0.15) is 5.10 Å². The van der Waals surface area contributed by atoms with E-state index in [4.69, 9.17) is 9.47 Å². The third-order valence-corrected chi connectivity index (χ3v) is 5.90. The number of aryl methyl sites for hydroxylation is 1. The fourth-order valence-electron chi connectivity index (χ4n) is 4.21. The summed E-state index contributed by atoms with van der Waals surface area (Å²) in [6.45, 7) is 0.317. The van der Waals surface area contributed by atoms with E-state index in [-0.39, 0.29) is 37.1 Å². The van der Waals surface area contributed by atoms with Gasteiger partial charge in [0, 0.05) is 39.2 Å². The molecule has 0 spiro atoms. The van der Waals surface area contributed by atoms with Crippen LogP contribution in [0.1, 0.15) is 34.0 Å². The van der Waals surface area contributed by atoms with Crippen LogP contribution in [-0.2, 0) is 21.3 Å². The number of amides is 2. The second-order valence-corrected chi connectivity index (χ2v) is 8.13. The average molecular weight is 479 g/mol. The van der Waals surface area contributed by atoms with Crippen LogP contribution < -0.4 is 10.6 Å². The van der Waals surface area contributed by atoms with E-state index in [0.29, 0.717) is 0 Å². The van der Waals surface area contributed by atoms with Crippen molar-refractivity contribution in [2.24, 2.45) is 7.05 Å². The van der Waals surface area contributed by atoms with Crippen LogP contribution in [0, 0.1) is 0 Å². The summed E-state index contributed by atoms with van der Waals surface area (Å²) in [6, 6.07) is 16.3. The van der Waals surface area contributed by atoms with E-state index in [9.17, 15) is 19.5 Å². The van der Waals surface area contributed by atoms with Gasteiger partial charge >= 0.3 is 12.1 Å². The summed E-state index contributed by atoms with van der Waals surface area (Å²) in [5.41, 5.74) is 4.53. The Morgan fingerprint density at radius 2 is 1.71 bits per heavy atom. The van der Waals surface area contributed by atoms with Crippen molar-refractivity contribution < 1.29 is 29.0 Å². The molecule has 0 radical (unpaired) electrons. The van der Waals surface area contributed by atoms with E-state index in [2.05, 4.69) is 27.9 Å². The molecule has 1 aliphatic carbocycles. The monoisotopic (exact) mass is 478 g/mol. The summed E-state index contributed by atoms with van der Waals surface area (Å²) >= 11 is 0. The number of aromatic nitrogens is 2. The first-order chi connectivity index (χ1) is 16.9. The van der Waals surface area contributed by atoms with Gasteiger partial charge in [0.1, 0.15) is 18.3 Å². The Morgan fingerprint density at radius 3 is 2.31 bits per heavy atom. The zero-order chi connectivity index (χ0) is 24.9. The second kappa shape index (κ2) is 10.4. The van der Waals surface area contributed by atoms with E-state index in [1.54, 1.807) is 0 Å². The Hall–Kier alpha value is -4.18. The van der Waals surface area contributed by atoms with Gasteiger partial charge in [-0.1, -0.05) is 48.5 Å². The highest BCUT2D eigenvalue weighted by molar-refractivity contribution is 5.96. The van der Waals surface area contributed by atoms with Crippen LogP contribution in [0.3, 0.4) is 0 Å². The number of hydrogen-bond donors (Lipinski definition) is 3. The standard InChI is InChI=1S/C25H26N4O6/c1-29-21(23(30)26-20(24(31)32)11-12-34-2)13-22(28-29)27-25(33)35-14-19-17-9-5-3-7-15(17)16-8-4-6-10-18(16)19/h3-10,13,19-20H,11-12,14H2,1-2H3,(H,26,30)(H,31,32)(H,27,28,33). The molecule has 0 saturated carbocycles. The van der Waals surface area contributed by atoms with Gasteiger partial charge in [0.2, 0.25) is 0 Å². The molecule has 1 heterocycles. The largest absolute Gasteiger partial charge is 0.480 e. The molecule has 0 fully saturated rings. The number of fused-ring (bicyclic) bond motifs is 3. The molecule has 2 aromatic carbocycles. The highest BCUT2D eigenvalue weighted by Gasteiger charge is 2.29. The van der Waals surface area contributed by atoms with Crippen molar-refractivity contribution in [2.45, 2.75) is 18.4 Å². The molecule has 1 aromatic heterocycles. The van der Waals surface area contributed by atoms with Crippen LogP contribution in [0.4, 0.5) is 10.6 Å². The molecular weight excluding hydrogens is 452 g/mol. The first kappa shape index (κ1) is 24.0. The number of carboxylic acid groups (broad SMARTS) is 1. The molecule has 3 N–H and O–H groups in total. The minimum Gasteiger partial charge on any atom is -0.480 e. The summed E-state index contributed by atoms with van der Waals surface area (Å²) in [5.74, 6) is -1.78. The molecule has 0 aliphatic heterocycles. The minimum absolute atomic E-state index is 0.0849. The molecule has 182 valence electrons. The fourth-order valence-corrected chi connectivity index (χ4v) is 4.21. The van der Waals surface area contributed by atoms with Gasteiger partial charge in [0.05, 0.1) is 0 Å². The Bertz CT molecular complexity index is 1210. The van der Waals surface area contributed by atoms with Crippen LogP contribution in [0.15, 0.2) is 54.6 Å². The maximum absolute atomic E-state index is 12.6. The number of ether oxygens (including phenoxy) is 2. The maximum Gasteiger partial charge on any atom is 0.412 e. The molecule has 10 nitrogen and oxygen atoms in total. The summed E-state index contributed by atoms with van der Waals surface area (Å²) in [6.07, 6.45) is -0.597. The average Bonchev–Trinajstić information content (AvgIpc) is 3.37. The summed E-state index contributed by atoms with van der Waals surface area (Å²) in [5, 5.41) is 18.4. The molecule has 1 unspecified atom stereocenters. The minimum atomic E-state index is -1.17. The van der Waals surface area contributed by atoms with Gasteiger partial charge in [0.25, 0.3) is 5.91 Å². The van der Waals surface area contributed by atoms with Gasteiger partial charge < -0.3 is 19.9 Å². The topological polar surface area (TPSA) is 132 Å². The molecule has 0 bridgehead atoms. The lowest BCUT2D eigenvalue weighted by molar-refractivity contribution is -0.139. The van der Waals surface area contributed by atoms with Crippen LogP contribution in [-0.4, -0.2) is 59.2 Å². The molecule has 3 aromatic rings. The first-order valence-corrected chi connectivity index (χ1v) is 11.1. The van der Waals surface area contributed by atoms with Crippen molar-refractivity contribution in [3.63, 3.8) is 0 Å². The summed E-state index contributed by atoms with van der Waals surface area (Å²) in [4.78, 5) is 36.4. The number of hydrogen-bond acceptors (Lipinski definition) is 6. The lowest BCUT2D eigenvalue weighted by Gasteiger charge is -2.14. The van der Waals surface area contributed by atoms with Crippen molar-refractivity contribution in [3.8, 4) is 11.1 Å². The Kier molecular flexibility index (Phi) is 7.11. The van der Waals surface area contributed by atoms with Crippen molar-refractivity contribution >= 4 is 23.8 Å². The van der Waals surface area contributed by atoms with E-state index in [1.807, 2.05) is 36.4 Å². The van der Waals surface area contributed by atoms with Crippen molar-refractivity contribution in [1.29, 1.82) is 0 Å². The van der Waals surface area contributed by atoms with Gasteiger partial charge in [-0.25, -0.2) is 9.59 Å². The third kappa shape index (κ3) is 5.17. The Labute approximate surface area is 201 Å². The van der Waals surface area contributed by atoms with Crippen LogP contribution in [0.5, 0.6) is 0 Å². The quantitative estimate of drug-likeness (QED) is 0.431. The number of anilines is 1. The number of rotatable bonds is 9. The van der Waals surface area contributed by atoms with Gasteiger partial charge in [-0.3, -0.25) is 14.8 Å². The summed E-state index contributed by atoms with van der Waals surface area (Å²) < 4.78 is 11.6. The van der Waals surface area contributed by atoms with Crippen molar-refractivity contribution in [2.75, 3.05) is 25.6 Å². The zero-order valence-corrected chi connectivity index (χ0v) is 19.4. The smallest absolute Gasteiger partial charge is 0.412 e. The number of carbonyl (C=O) groups is 3. The number of aliphatic carboxylic acids is 1. The molecule has 1 aliphatic rings. The molecule has 35 heavy (non-hydrogen) atoms. The molecule has 1 atom stereocenters. The highest BCUT2D eigenvalue weighted by atomic mass is 16.5. The van der Waals surface area contributed by atoms with Crippen molar-refractivity contribution in [3.05, 3.63) is 71.4 Å². The SMILES string of the molecule is COCCC(NC(=O)c1cc(NC(=O)OCC2c3ccccc3-c3ccccc32)nn1C)C(=O)O. The lowest BCUT2D eigenvalue weighted by Crippen LogP contribution is -2.42. The van der Waals surface area contributed by atoms with Gasteiger partial charge in [-0.05, 0) is 22.3 Å². The number of carbonyl (C=O) groups excluding carboxylic acids is 2. The fraction of sp³-hybridized carbons (Fsp3) is 0.280. The van der Waals surface area contributed by atoms with Crippen LogP contribution in [0.2, 0.25) is 0 Å². The van der Waals surface area contributed by atoms with E-state index >= 15 is 0 Å². The maximum atomic E-state index is 12.6. The normalized spacial score (nSPS) is 13.0. The zero-order valence-electron chi connectivity index (χ0n) is 19.4. The van der Waals surface area contributed by atoms with Gasteiger partial charge in [-0.15, -0.1) is 0 Å². The number of carboxylic acids is 1. The van der Waals surface area contributed by atoms with Crippen molar-refractivity contribution in [1.82, 2.24) is 15.1 Å². The predicted octanol–water partition coefficient (Wildman–Crippen LogP) is 3.00. The Morgan fingerprint density at radius 1 is 1.09 bits per heavy atom. The third-order valence-electron chi connectivity index (χ3n) is 5.90. The molecular formula is C25H26N4O6. The molecule has 2 amide bonds.